The van der Waals surface area contributed by atoms with Gasteiger partial charge in [-0.25, -0.2) is 9.97 Å². The largest absolute Gasteiger partial charge is 0.396 e. The Bertz CT molecular complexity index is 441. The van der Waals surface area contributed by atoms with Crippen LogP contribution in [-0.4, -0.2) is 27.7 Å². The van der Waals surface area contributed by atoms with Crippen molar-refractivity contribution in [3.8, 4) is 0 Å². The maximum Gasteiger partial charge on any atom is 0.157 e. The molecule has 2 aliphatic carbocycles. The van der Waals surface area contributed by atoms with E-state index in [9.17, 15) is 5.11 Å². The van der Waals surface area contributed by atoms with E-state index in [1.54, 1.807) is 0 Å². The number of nitrogens with zero attached hydrogens (tertiary/aromatic N) is 2. The Kier molecular flexibility index (Phi) is 2.60. The highest BCUT2D eigenvalue weighted by Crippen LogP contribution is 2.56. The zero-order chi connectivity index (χ0) is 12.0. The second-order valence-electron chi connectivity index (χ2n) is 4.92. The number of nitrogens with two attached hydrogens (primary N) is 1. The lowest BCUT2D eigenvalue weighted by Crippen LogP contribution is -2.22. The van der Waals surface area contributed by atoms with Crippen molar-refractivity contribution in [1.82, 2.24) is 9.97 Å². The zero-order valence-electron chi connectivity index (χ0n) is 9.31. The number of anilines is 2. The Labute approximate surface area is 104 Å². The third kappa shape index (κ3) is 1.83. The molecule has 1 aromatic rings. The molecule has 2 saturated carbocycles. The molecule has 0 saturated heterocycles. The Hall–Kier alpha value is -1.07. The van der Waals surface area contributed by atoms with Gasteiger partial charge in [0.05, 0.1) is 0 Å². The van der Waals surface area contributed by atoms with Crippen LogP contribution in [0.4, 0.5) is 11.5 Å². The van der Waals surface area contributed by atoms with Gasteiger partial charge in [-0.1, -0.05) is 11.6 Å². The number of hydrogen-bond acceptors (Lipinski definition) is 5. The third-order valence-corrected chi connectivity index (χ3v) is 4.26. The summed E-state index contributed by atoms with van der Waals surface area (Å²) in [6, 6.07) is 0.352. The highest BCUT2D eigenvalue weighted by atomic mass is 35.5. The number of nitrogen functional groups attached to an aromatic ring is 1. The smallest absolute Gasteiger partial charge is 0.157 e. The number of aromatic nitrogens is 2. The van der Waals surface area contributed by atoms with Crippen LogP contribution in [0.1, 0.15) is 12.8 Å². The third-order valence-electron chi connectivity index (χ3n) is 3.96. The summed E-state index contributed by atoms with van der Waals surface area (Å²) >= 11 is 5.85. The minimum atomic E-state index is 0.277. The van der Waals surface area contributed by atoms with Crippen LogP contribution in [0.2, 0.25) is 5.15 Å². The molecule has 92 valence electrons. The standard InChI is InChI=1S/C11H15ClN4O/c12-10-9(13)11(15-4-14-10)16-8-1-5(3-17)6-2-7(6)8/h4-8,17H,1-3,13H2,(H,14,15,16)/t5-,6-,7-,8-/m1/s1. The summed E-state index contributed by atoms with van der Waals surface area (Å²) in [6.45, 7) is 0.277. The van der Waals surface area contributed by atoms with Crippen LogP contribution in [0.25, 0.3) is 0 Å². The van der Waals surface area contributed by atoms with Crippen molar-refractivity contribution in [3.05, 3.63) is 11.5 Å². The molecule has 0 unspecified atom stereocenters. The first kappa shape index (κ1) is 11.0. The summed E-state index contributed by atoms with van der Waals surface area (Å²) < 4.78 is 0. The number of halogens is 1. The zero-order valence-corrected chi connectivity index (χ0v) is 10.1. The number of aliphatic hydroxyl groups excluding tert-OH is 1. The van der Waals surface area contributed by atoms with Crippen LogP contribution in [-0.2, 0) is 0 Å². The molecule has 0 aromatic carbocycles. The molecule has 0 spiro atoms. The summed E-state index contributed by atoms with van der Waals surface area (Å²) in [6.07, 6.45) is 3.58. The molecule has 2 aliphatic rings. The van der Waals surface area contributed by atoms with E-state index < -0.39 is 0 Å². The Morgan fingerprint density at radius 1 is 1.41 bits per heavy atom. The topological polar surface area (TPSA) is 84.1 Å². The SMILES string of the molecule is Nc1c(Cl)ncnc1N[C@@H]1C[C@H](CO)[C@H]2C[C@H]21. The molecule has 0 aliphatic heterocycles. The van der Waals surface area contributed by atoms with E-state index in [2.05, 4.69) is 15.3 Å². The van der Waals surface area contributed by atoms with Gasteiger partial charge < -0.3 is 16.2 Å². The second-order valence-corrected chi connectivity index (χ2v) is 5.28. The summed E-state index contributed by atoms with van der Waals surface area (Å²) in [5, 5.41) is 12.9. The Balaban J connectivity index is 1.74. The highest BCUT2D eigenvalue weighted by Gasteiger charge is 2.53. The van der Waals surface area contributed by atoms with Crippen molar-refractivity contribution >= 4 is 23.1 Å². The fourth-order valence-corrected chi connectivity index (χ4v) is 3.09. The maximum atomic E-state index is 9.25. The van der Waals surface area contributed by atoms with Gasteiger partial charge in [0.1, 0.15) is 12.0 Å². The van der Waals surface area contributed by atoms with Crippen molar-refractivity contribution in [2.75, 3.05) is 17.7 Å². The number of aliphatic hydroxyl groups is 1. The lowest BCUT2D eigenvalue weighted by atomic mass is 10.0. The average Bonchev–Trinajstić information content (AvgIpc) is 3.04. The fourth-order valence-electron chi connectivity index (χ4n) is 2.96. The van der Waals surface area contributed by atoms with Gasteiger partial charge in [-0.3, -0.25) is 0 Å². The molecule has 0 radical (unpaired) electrons. The monoisotopic (exact) mass is 254 g/mol. The van der Waals surface area contributed by atoms with Gasteiger partial charge >= 0.3 is 0 Å². The van der Waals surface area contributed by atoms with Gasteiger partial charge in [0.25, 0.3) is 0 Å². The lowest BCUT2D eigenvalue weighted by molar-refractivity contribution is 0.213. The van der Waals surface area contributed by atoms with Gasteiger partial charge in [-0.15, -0.1) is 0 Å². The van der Waals surface area contributed by atoms with Crippen LogP contribution in [0, 0.1) is 17.8 Å². The predicted molar refractivity (Wildman–Crippen MR) is 65.7 cm³/mol. The summed E-state index contributed by atoms with van der Waals surface area (Å²) in [5.41, 5.74) is 6.22. The molecule has 5 nitrogen and oxygen atoms in total. The van der Waals surface area contributed by atoms with Crippen LogP contribution < -0.4 is 11.1 Å². The normalized spacial score (nSPS) is 34.5. The summed E-state index contributed by atoms with van der Waals surface area (Å²) in [7, 11) is 0. The minimum absolute atomic E-state index is 0.277. The molecular weight excluding hydrogens is 240 g/mol. The first-order valence-electron chi connectivity index (χ1n) is 5.84. The van der Waals surface area contributed by atoms with Crippen LogP contribution in [0.3, 0.4) is 0 Å². The molecule has 17 heavy (non-hydrogen) atoms. The van der Waals surface area contributed by atoms with Gasteiger partial charge in [0.2, 0.25) is 0 Å². The Morgan fingerprint density at radius 2 is 2.24 bits per heavy atom. The lowest BCUT2D eigenvalue weighted by Gasteiger charge is -2.18. The van der Waals surface area contributed by atoms with E-state index in [4.69, 9.17) is 17.3 Å². The maximum absolute atomic E-state index is 9.25. The number of rotatable bonds is 3. The molecule has 3 rings (SSSR count). The molecule has 6 heteroatoms. The molecule has 2 fully saturated rings. The van der Waals surface area contributed by atoms with E-state index >= 15 is 0 Å². The summed E-state index contributed by atoms with van der Waals surface area (Å²) in [5.74, 6) is 2.37. The van der Waals surface area contributed by atoms with Gasteiger partial charge in [0, 0.05) is 12.6 Å². The highest BCUT2D eigenvalue weighted by molar-refractivity contribution is 6.32. The quantitative estimate of drug-likeness (QED) is 0.705. The number of nitrogens with one attached hydrogen (secondary N) is 1. The van der Waals surface area contributed by atoms with Crippen molar-refractivity contribution in [2.45, 2.75) is 18.9 Å². The number of fused-ring (bicyclic) bond motifs is 1. The second kappa shape index (κ2) is 3.99. The molecular formula is C11H15ClN4O. The van der Waals surface area contributed by atoms with E-state index in [1.165, 1.54) is 12.7 Å². The van der Waals surface area contributed by atoms with Crippen LogP contribution in [0.15, 0.2) is 6.33 Å². The molecule has 1 heterocycles. The van der Waals surface area contributed by atoms with E-state index in [1.807, 2.05) is 0 Å². The minimum Gasteiger partial charge on any atom is -0.396 e. The molecule has 0 bridgehead atoms. The Morgan fingerprint density at radius 3 is 2.94 bits per heavy atom. The van der Waals surface area contributed by atoms with E-state index in [0.29, 0.717) is 35.3 Å². The van der Waals surface area contributed by atoms with Crippen molar-refractivity contribution in [3.63, 3.8) is 0 Å². The first-order valence-corrected chi connectivity index (χ1v) is 6.22. The average molecular weight is 255 g/mol. The molecule has 4 atom stereocenters. The molecule has 4 N–H and O–H groups in total. The fraction of sp³-hybridized carbons (Fsp3) is 0.636. The van der Waals surface area contributed by atoms with Gasteiger partial charge in [0.15, 0.2) is 11.0 Å². The molecule has 0 amide bonds. The van der Waals surface area contributed by atoms with Gasteiger partial charge in [-0.05, 0) is 30.6 Å². The first-order chi connectivity index (χ1) is 8.20. The van der Waals surface area contributed by atoms with Crippen molar-refractivity contribution in [2.24, 2.45) is 17.8 Å². The van der Waals surface area contributed by atoms with Crippen molar-refractivity contribution < 1.29 is 5.11 Å². The van der Waals surface area contributed by atoms with Crippen LogP contribution in [0.5, 0.6) is 0 Å². The van der Waals surface area contributed by atoms with Crippen molar-refractivity contribution in [1.29, 1.82) is 0 Å². The van der Waals surface area contributed by atoms with E-state index in [0.717, 1.165) is 6.42 Å². The van der Waals surface area contributed by atoms with E-state index in [-0.39, 0.29) is 11.8 Å². The van der Waals surface area contributed by atoms with Gasteiger partial charge in [-0.2, -0.15) is 0 Å². The van der Waals surface area contributed by atoms with Crippen LogP contribution >= 0.6 is 11.6 Å². The number of hydrogen-bond donors (Lipinski definition) is 3. The predicted octanol–water partition coefficient (Wildman–Crippen LogP) is 1.14. The molecule has 1 aromatic heterocycles. The summed E-state index contributed by atoms with van der Waals surface area (Å²) in [4.78, 5) is 7.94.